The summed E-state index contributed by atoms with van der Waals surface area (Å²) < 4.78 is 6.65. The third-order valence-electron chi connectivity index (χ3n) is 4.56. The Bertz CT molecular complexity index is 647. The molecule has 1 fully saturated rings. The fourth-order valence-electron chi connectivity index (χ4n) is 3.01. The van der Waals surface area contributed by atoms with Crippen molar-refractivity contribution in [1.29, 1.82) is 0 Å². The van der Waals surface area contributed by atoms with Crippen molar-refractivity contribution in [1.82, 2.24) is 5.32 Å². The summed E-state index contributed by atoms with van der Waals surface area (Å²) in [5.74, 6) is 0.0813. The van der Waals surface area contributed by atoms with Crippen molar-refractivity contribution in [3.63, 3.8) is 0 Å². The van der Waals surface area contributed by atoms with E-state index in [0.29, 0.717) is 26.3 Å². The summed E-state index contributed by atoms with van der Waals surface area (Å²) in [5, 5.41) is 6.55. The fraction of sp³-hybridized carbons (Fsp3) is 0.471. The molecule has 0 spiro atoms. The highest BCUT2D eigenvalue weighted by Gasteiger charge is 2.38. The number of carbonyl (C=O) groups excluding carboxylic acids is 1. The summed E-state index contributed by atoms with van der Waals surface area (Å²) in [5.41, 5.74) is 6.73. The molecule has 1 saturated heterocycles. The molecule has 2 aromatic rings. The zero-order chi connectivity index (χ0) is 15.4. The van der Waals surface area contributed by atoms with Crippen LogP contribution in [0.2, 0.25) is 0 Å². The molecule has 1 amide bonds. The third kappa shape index (κ3) is 3.02. The van der Waals surface area contributed by atoms with Crippen LogP contribution in [-0.2, 0) is 16.0 Å². The van der Waals surface area contributed by atoms with Gasteiger partial charge in [-0.05, 0) is 41.7 Å². The van der Waals surface area contributed by atoms with Gasteiger partial charge in [0.05, 0.1) is 5.41 Å². The van der Waals surface area contributed by atoms with Crippen LogP contribution in [-0.4, -0.2) is 32.2 Å². The monoisotopic (exact) mass is 318 g/mol. The molecule has 1 aliphatic rings. The number of hydrogen-bond acceptors (Lipinski definition) is 4. The maximum absolute atomic E-state index is 12.5. The van der Waals surface area contributed by atoms with Gasteiger partial charge in [-0.15, -0.1) is 11.3 Å². The summed E-state index contributed by atoms with van der Waals surface area (Å²) in [4.78, 5) is 12.5. The van der Waals surface area contributed by atoms with E-state index in [4.69, 9.17) is 10.5 Å². The van der Waals surface area contributed by atoms with Crippen LogP contribution in [0, 0.1) is 5.41 Å². The average molecular weight is 318 g/mol. The summed E-state index contributed by atoms with van der Waals surface area (Å²) >= 11 is 1.76. The van der Waals surface area contributed by atoms with Crippen LogP contribution in [0.4, 0.5) is 0 Å². The van der Waals surface area contributed by atoms with E-state index >= 15 is 0 Å². The van der Waals surface area contributed by atoms with Crippen LogP contribution in [0.15, 0.2) is 29.6 Å². The number of nitrogens with one attached hydrogen (secondary N) is 1. The van der Waals surface area contributed by atoms with E-state index < -0.39 is 5.41 Å². The van der Waals surface area contributed by atoms with Crippen LogP contribution < -0.4 is 11.1 Å². The highest BCUT2D eigenvalue weighted by atomic mass is 32.1. The molecule has 5 heteroatoms. The van der Waals surface area contributed by atoms with E-state index in [-0.39, 0.29) is 5.91 Å². The van der Waals surface area contributed by atoms with Crippen molar-refractivity contribution in [2.75, 3.05) is 26.3 Å². The van der Waals surface area contributed by atoms with Gasteiger partial charge in [-0.25, -0.2) is 0 Å². The van der Waals surface area contributed by atoms with Crippen LogP contribution in [0.5, 0.6) is 0 Å². The number of nitrogens with two attached hydrogens (primary N) is 1. The highest BCUT2D eigenvalue weighted by Crippen LogP contribution is 2.30. The van der Waals surface area contributed by atoms with Gasteiger partial charge < -0.3 is 15.8 Å². The lowest BCUT2D eigenvalue weighted by molar-refractivity contribution is -0.135. The van der Waals surface area contributed by atoms with Crippen molar-refractivity contribution in [2.24, 2.45) is 11.1 Å². The molecule has 0 atom stereocenters. The molecule has 4 nitrogen and oxygen atoms in total. The van der Waals surface area contributed by atoms with E-state index in [9.17, 15) is 4.79 Å². The number of amides is 1. The average Bonchev–Trinajstić information content (AvgIpc) is 2.99. The van der Waals surface area contributed by atoms with Crippen LogP contribution in [0.25, 0.3) is 10.1 Å². The van der Waals surface area contributed by atoms with Crippen molar-refractivity contribution in [2.45, 2.75) is 19.3 Å². The van der Waals surface area contributed by atoms with E-state index in [1.165, 1.54) is 15.6 Å². The molecule has 1 aromatic heterocycles. The van der Waals surface area contributed by atoms with Crippen LogP contribution >= 0.6 is 11.3 Å². The summed E-state index contributed by atoms with van der Waals surface area (Å²) in [7, 11) is 0. The minimum Gasteiger partial charge on any atom is -0.381 e. The second-order valence-corrected chi connectivity index (χ2v) is 6.77. The maximum Gasteiger partial charge on any atom is 0.227 e. The summed E-state index contributed by atoms with van der Waals surface area (Å²) in [6.45, 7) is 2.30. The number of thiophene rings is 1. The zero-order valence-corrected chi connectivity index (χ0v) is 13.5. The second-order valence-electron chi connectivity index (χ2n) is 5.86. The predicted molar refractivity (Wildman–Crippen MR) is 90.1 cm³/mol. The van der Waals surface area contributed by atoms with E-state index in [2.05, 4.69) is 35.0 Å². The van der Waals surface area contributed by atoms with Gasteiger partial charge in [0.25, 0.3) is 0 Å². The van der Waals surface area contributed by atoms with Gasteiger partial charge in [-0.1, -0.05) is 18.2 Å². The first-order valence-corrected chi connectivity index (χ1v) is 8.64. The van der Waals surface area contributed by atoms with Gasteiger partial charge in [0.1, 0.15) is 0 Å². The van der Waals surface area contributed by atoms with Crippen molar-refractivity contribution < 1.29 is 9.53 Å². The third-order valence-corrected chi connectivity index (χ3v) is 5.58. The smallest absolute Gasteiger partial charge is 0.227 e. The van der Waals surface area contributed by atoms with Gasteiger partial charge in [-0.3, -0.25) is 4.79 Å². The Labute approximate surface area is 134 Å². The molecule has 3 N–H and O–H groups in total. The Balaban J connectivity index is 1.59. The quantitative estimate of drug-likeness (QED) is 0.889. The topological polar surface area (TPSA) is 64.4 Å². The lowest BCUT2D eigenvalue weighted by Gasteiger charge is -2.34. The molecule has 0 unspecified atom stereocenters. The zero-order valence-electron chi connectivity index (χ0n) is 12.6. The minimum absolute atomic E-state index is 0.0813. The molecule has 118 valence electrons. The number of rotatable bonds is 5. The van der Waals surface area contributed by atoms with Gasteiger partial charge in [0, 0.05) is 31.0 Å². The molecule has 3 rings (SSSR count). The number of carbonyl (C=O) groups is 1. The number of fused-ring (bicyclic) bond motifs is 1. The molecular weight excluding hydrogens is 296 g/mol. The second kappa shape index (κ2) is 6.77. The van der Waals surface area contributed by atoms with Gasteiger partial charge >= 0.3 is 0 Å². The molecule has 0 bridgehead atoms. The van der Waals surface area contributed by atoms with Gasteiger partial charge in [0.15, 0.2) is 0 Å². The van der Waals surface area contributed by atoms with Gasteiger partial charge in [0.2, 0.25) is 5.91 Å². The first kappa shape index (κ1) is 15.5. The number of benzene rings is 1. The van der Waals surface area contributed by atoms with E-state index in [0.717, 1.165) is 19.3 Å². The van der Waals surface area contributed by atoms with Crippen LogP contribution in [0.1, 0.15) is 18.4 Å². The molecular formula is C17H22N2O2S. The Morgan fingerprint density at radius 2 is 2.09 bits per heavy atom. The van der Waals surface area contributed by atoms with E-state index in [1.54, 1.807) is 11.3 Å². The summed E-state index contributed by atoms with van der Waals surface area (Å²) in [6.07, 6.45) is 2.29. The van der Waals surface area contributed by atoms with E-state index in [1.807, 2.05) is 0 Å². The van der Waals surface area contributed by atoms with Gasteiger partial charge in [-0.2, -0.15) is 0 Å². The Morgan fingerprint density at radius 1 is 1.32 bits per heavy atom. The molecule has 1 aliphatic heterocycles. The normalized spacial score (nSPS) is 17.5. The Hall–Kier alpha value is -1.43. The number of hydrogen-bond donors (Lipinski definition) is 2. The highest BCUT2D eigenvalue weighted by molar-refractivity contribution is 7.17. The lowest BCUT2D eigenvalue weighted by Crippen LogP contribution is -2.49. The predicted octanol–water partition coefficient (Wildman–Crippen LogP) is 2.32. The molecule has 2 heterocycles. The molecule has 0 aliphatic carbocycles. The fourth-order valence-corrected chi connectivity index (χ4v) is 4.01. The molecule has 22 heavy (non-hydrogen) atoms. The molecule has 0 radical (unpaired) electrons. The minimum atomic E-state index is -0.436. The van der Waals surface area contributed by atoms with Crippen molar-refractivity contribution in [3.8, 4) is 0 Å². The number of ether oxygens (including phenoxy) is 1. The summed E-state index contributed by atoms with van der Waals surface area (Å²) in [6, 6.07) is 8.39. The Morgan fingerprint density at radius 3 is 2.86 bits per heavy atom. The lowest BCUT2D eigenvalue weighted by atomic mass is 9.79. The Kier molecular flexibility index (Phi) is 4.76. The SMILES string of the molecule is NCC1(C(=O)NCCc2csc3ccccc23)CCOCC1. The largest absolute Gasteiger partial charge is 0.381 e. The van der Waals surface area contributed by atoms with Crippen molar-refractivity contribution >= 4 is 27.3 Å². The first-order chi connectivity index (χ1) is 10.7. The standard InChI is InChI=1S/C17H22N2O2S/c18-12-17(6-9-21-10-7-17)16(20)19-8-5-13-11-22-15-4-2-1-3-14(13)15/h1-4,11H,5-10,12,18H2,(H,19,20). The molecule has 0 saturated carbocycles. The molecule has 1 aromatic carbocycles. The van der Waals surface area contributed by atoms with Crippen LogP contribution in [0.3, 0.4) is 0 Å². The van der Waals surface area contributed by atoms with Crippen molar-refractivity contribution in [3.05, 3.63) is 35.2 Å². The first-order valence-electron chi connectivity index (χ1n) is 7.76. The maximum atomic E-state index is 12.5.